The molecule has 2 aromatic carbocycles. The summed E-state index contributed by atoms with van der Waals surface area (Å²) in [6, 6.07) is 16.7. The Bertz CT molecular complexity index is 777. The van der Waals surface area contributed by atoms with E-state index in [1.165, 1.54) is 0 Å². The molecule has 0 radical (unpaired) electrons. The van der Waals surface area contributed by atoms with Gasteiger partial charge < -0.3 is 20.7 Å². The monoisotopic (exact) mass is 381 g/mol. The molecule has 3 rings (SSSR count). The Morgan fingerprint density at radius 2 is 1.75 bits per heavy atom. The third-order valence-electron chi connectivity index (χ3n) is 4.87. The second kappa shape index (κ2) is 9.90. The topological polar surface area (TPSA) is 84.7 Å². The van der Waals surface area contributed by atoms with Crippen LogP contribution in [0.4, 0.5) is 0 Å². The lowest BCUT2D eigenvalue weighted by Gasteiger charge is -2.36. The third kappa shape index (κ3) is 5.33. The van der Waals surface area contributed by atoms with Crippen LogP contribution in [0.25, 0.3) is 0 Å². The van der Waals surface area contributed by atoms with Crippen LogP contribution in [0.2, 0.25) is 0 Å². The second-order valence-electron chi connectivity index (χ2n) is 6.93. The van der Waals surface area contributed by atoms with E-state index in [9.17, 15) is 9.59 Å². The number of amides is 2. The zero-order chi connectivity index (χ0) is 19.8. The molecule has 1 aliphatic heterocycles. The fourth-order valence-corrected chi connectivity index (χ4v) is 3.39. The van der Waals surface area contributed by atoms with E-state index in [1.54, 1.807) is 12.1 Å². The fraction of sp³-hybridized carbons (Fsp3) is 0.364. The highest BCUT2D eigenvalue weighted by Gasteiger charge is 2.27. The maximum atomic E-state index is 13.0. The van der Waals surface area contributed by atoms with Gasteiger partial charge in [0, 0.05) is 37.7 Å². The second-order valence-corrected chi connectivity index (χ2v) is 6.93. The Labute approximate surface area is 165 Å². The van der Waals surface area contributed by atoms with Gasteiger partial charge in [-0.1, -0.05) is 18.2 Å². The van der Waals surface area contributed by atoms with Crippen molar-refractivity contribution in [2.24, 2.45) is 5.73 Å². The molecule has 1 fully saturated rings. The van der Waals surface area contributed by atoms with Crippen molar-refractivity contribution in [2.75, 3.05) is 19.6 Å². The average Bonchev–Trinajstić information content (AvgIpc) is 2.73. The van der Waals surface area contributed by atoms with Gasteiger partial charge in [-0.05, 0) is 55.7 Å². The molecule has 0 aliphatic carbocycles. The van der Waals surface area contributed by atoms with Gasteiger partial charge in [0.05, 0.1) is 0 Å². The summed E-state index contributed by atoms with van der Waals surface area (Å²) < 4.78 is 5.78. The summed E-state index contributed by atoms with van der Waals surface area (Å²) in [5.74, 6) is 1.37. The summed E-state index contributed by atoms with van der Waals surface area (Å²) in [5, 5.41) is 2.89. The largest absolute Gasteiger partial charge is 0.457 e. The molecule has 0 aromatic heterocycles. The summed E-state index contributed by atoms with van der Waals surface area (Å²) in [7, 11) is 0. The molecule has 0 spiro atoms. The van der Waals surface area contributed by atoms with Crippen molar-refractivity contribution in [3.05, 3.63) is 60.2 Å². The zero-order valence-electron chi connectivity index (χ0n) is 16.0. The smallest absolute Gasteiger partial charge is 0.254 e. The number of rotatable bonds is 7. The Morgan fingerprint density at radius 1 is 1.04 bits per heavy atom. The number of ether oxygens (including phenoxy) is 1. The van der Waals surface area contributed by atoms with E-state index in [0.717, 1.165) is 25.0 Å². The molecule has 6 heteroatoms. The molecule has 2 amide bonds. The normalized spacial score (nSPS) is 16.5. The molecule has 1 saturated heterocycles. The summed E-state index contributed by atoms with van der Waals surface area (Å²) in [6.07, 6.45) is 3.24. The van der Waals surface area contributed by atoms with Crippen LogP contribution < -0.4 is 15.8 Å². The van der Waals surface area contributed by atoms with Gasteiger partial charge in [0.1, 0.15) is 11.5 Å². The van der Waals surface area contributed by atoms with E-state index in [-0.39, 0.29) is 17.9 Å². The number of nitrogens with zero attached hydrogens (tertiary/aromatic N) is 1. The molecule has 3 N–H and O–H groups in total. The Hall–Kier alpha value is -2.86. The Balaban J connectivity index is 1.63. The molecule has 0 saturated carbocycles. The van der Waals surface area contributed by atoms with Crippen molar-refractivity contribution in [3.8, 4) is 11.5 Å². The Morgan fingerprint density at radius 3 is 2.46 bits per heavy atom. The molecule has 1 heterocycles. The lowest BCUT2D eigenvalue weighted by Crippen LogP contribution is -2.49. The maximum absolute atomic E-state index is 13.0. The lowest BCUT2D eigenvalue weighted by molar-refractivity contribution is -0.121. The first-order valence-corrected chi connectivity index (χ1v) is 9.78. The number of hydrogen-bond donors (Lipinski definition) is 2. The number of hydrogen-bond acceptors (Lipinski definition) is 4. The van der Waals surface area contributed by atoms with E-state index in [2.05, 4.69) is 5.32 Å². The van der Waals surface area contributed by atoms with Gasteiger partial charge >= 0.3 is 0 Å². The van der Waals surface area contributed by atoms with Crippen LogP contribution in [0.1, 0.15) is 36.0 Å². The molecule has 148 valence electrons. The molecule has 0 bridgehead atoms. The van der Waals surface area contributed by atoms with Gasteiger partial charge in [0.2, 0.25) is 5.91 Å². The van der Waals surface area contributed by atoms with Gasteiger partial charge in [-0.2, -0.15) is 0 Å². The first kappa shape index (κ1) is 19.9. The van der Waals surface area contributed by atoms with E-state index in [0.29, 0.717) is 37.4 Å². The van der Waals surface area contributed by atoms with Crippen LogP contribution in [0.15, 0.2) is 54.6 Å². The standard InChI is InChI=1S/C22H27N3O3/c23-14-13-21(26)24-16-18-6-4-5-15-25(18)22(27)17-9-11-20(12-10-17)28-19-7-2-1-3-8-19/h1-3,7-12,18H,4-6,13-16,23H2,(H,24,26). The fourth-order valence-electron chi connectivity index (χ4n) is 3.39. The SMILES string of the molecule is NCCC(=O)NCC1CCCCN1C(=O)c1ccc(Oc2ccccc2)cc1. The van der Waals surface area contributed by atoms with Crippen molar-refractivity contribution in [1.82, 2.24) is 10.2 Å². The van der Waals surface area contributed by atoms with Crippen LogP contribution in [0.3, 0.4) is 0 Å². The van der Waals surface area contributed by atoms with Gasteiger partial charge in [0.15, 0.2) is 0 Å². The van der Waals surface area contributed by atoms with E-state index >= 15 is 0 Å². The molecule has 1 aliphatic rings. The highest BCUT2D eigenvalue weighted by molar-refractivity contribution is 5.94. The third-order valence-corrected chi connectivity index (χ3v) is 4.87. The number of benzene rings is 2. The van der Waals surface area contributed by atoms with Crippen LogP contribution >= 0.6 is 0 Å². The first-order valence-electron chi connectivity index (χ1n) is 9.78. The number of carbonyl (C=O) groups is 2. The number of nitrogens with one attached hydrogen (secondary N) is 1. The van der Waals surface area contributed by atoms with Crippen molar-refractivity contribution < 1.29 is 14.3 Å². The van der Waals surface area contributed by atoms with E-state index in [4.69, 9.17) is 10.5 Å². The highest BCUT2D eigenvalue weighted by atomic mass is 16.5. The van der Waals surface area contributed by atoms with Crippen molar-refractivity contribution in [1.29, 1.82) is 0 Å². The van der Waals surface area contributed by atoms with Crippen LogP contribution in [-0.2, 0) is 4.79 Å². The highest BCUT2D eigenvalue weighted by Crippen LogP contribution is 2.23. The van der Waals surface area contributed by atoms with Gasteiger partial charge in [-0.25, -0.2) is 0 Å². The van der Waals surface area contributed by atoms with Crippen LogP contribution in [-0.4, -0.2) is 42.4 Å². The van der Waals surface area contributed by atoms with Crippen LogP contribution in [0, 0.1) is 0 Å². The quantitative estimate of drug-likeness (QED) is 0.772. The summed E-state index contributed by atoms with van der Waals surface area (Å²) in [5.41, 5.74) is 6.04. The predicted octanol–water partition coefficient (Wildman–Crippen LogP) is 2.94. The van der Waals surface area contributed by atoms with Crippen molar-refractivity contribution in [3.63, 3.8) is 0 Å². The zero-order valence-corrected chi connectivity index (χ0v) is 16.0. The molecular weight excluding hydrogens is 354 g/mol. The molecule has 1 atom stereocenters. The Kier molecular flexibility index (Phi) is 7.03. The maximum Gasteiger partial charge on any atom is 0.254 e. The average molecular weight is 381 g/mol. The minimum Gasteiger partial charge on any atom is -0.457 e. The lowest BCUT2D eigenvalue weighted by atomic mass is 10.0. The molecule has 2 aromatic rings. The number of piperidine rings is 1. The minimum atomic E-state index is -0.0668. The van der Waals surface area contributed by atoms with E-state index < -0.39 is 0 Å². The summed E-state index contributed by atoms with van der Waals surface area (Å²) in [6.45, 7) is 1.51. The van der Waals surface area contributed by atoms with Crippen LogP contribution in [0.5, 0.6) is 11.5 Å². The molecule has 1 unspecified atom stereocenters. The number of para-hydroxylation sites is 1. The van der Waals surface area contributed by atoms with E-state index in [1.807, 2.05) is 47.4 Å². The molecular formula is C22H27N3O3. The minimum absolute atomic E-state index is 0.0102. The summed E-state index contributed by atoms with van der Waals surface area (Å²) >= 11 is 0. The number of carbonyl (C=O) groups excluding carboxylic acids is 2. The molecule has 6 nitrogen and oxygen atoms in total. The number of likely N-dealkylation sites (tertiary alicyclic amines) is 1. The van der Waals surface area contributed by atoms with Crippen molar-refractivity contribution >= 4 is 11.8 Å². The van der Waals surface area contributed by atoms with Crippen molar-refractivity contribution in [2.45, 2.75) is 31.7 Å². The van der Waals surface area contributed by atoms with Gasteiger partial charge in [0.25, 0.3) is 5.91 Å². The van der Waals surface area contributed by atoms with Gasteiger partial charge in [-0.3, -0.25) is 9.59 Å². The first-order chi connectivity index (χ1) is 13.7. The van der Waals surface area contributed by atoms with Gasteiger partial charge in [-0.15, -0.1) is 0 Å². The predicted molar refractivity (Wildman–Crippen MR) is 108 cm³/mol. The summed E-state index contributed by atoms with van der Waals surface area (Å²) in [4.78, 5) is 26.6. The number of nitrogens with two attached hydrogens (primary N) is 1. The molecule has 28 heavy (non-hydrogen) atoms.